The standard InChI is InChI=1S/C10H11N5O3/c1-6(10(17)18)5-15-9(12-13-14-15)7-2-3-11-8(16)4-7/h2-4,6H,5H2,1H3,(H,11,16)(H,17,18). The van der Waals surface area contributed by atoms with Gasteiger partial charge in [0.2, 0.25) is 5.56 Å². The number of nitrogens with zero attached hydrogens (tertiary/aromatic N) is 4. The van der Waals surface area contributed by atoms with Crippen LogP contribution in [0.25, 0.3) is 11.4 Å². The highest BCUT2D eigenvalue weighted by Gasteiger charge is 2.16. The van der Waals surface area contributed by atoms with Crippen molar-refractivity contribution in [1.82, 2.24) is 25.2 Å². The van der Waals surface area contributed by atoms with Crippen LogP contribution in [-0.4, -0.2) is 36.3 Å². The largest absolute Gasteiger partial charge is 0.481 e. The Kier molecular flexibility index (Phi) is 3.18. The SMILES string of the molecule is CC(Cn1nnnc1-c1cc[nH]c(=O)c1)C(=O)O. The summed E-state index contributed by atoms with van der Waals surface area (Å²) in [6.07, 6.45) is 1.48. The zero-order valence-corrected chi connectivity index (χ0v) is 9.57. The molecule has 8 nitrogen and oxygen atoms in total. The third-order valence-electron chi connectivity index (χ3n) is 2.43. The number of aromatic nitrogens is 5. The van der Waals surface area contributed by atoms with Crippen LogP contribution in [0.2, 0.25) is 0 Å². The topological polar surface area (TPSA) is 114 Å². The van der Waals surface area contributed by atoms with Crippen LogP contribution in [0.5, 0.6) is 0 Å². The van der Waals surface area contributed by atoms with Gasteiger partial charge in [0.05, 0.1) is 12.5 Å². The summed E-state index contributed by atoms with van der Waals surface area (Å²) >= 11 is 0. The lowest BCUT2D eigenvalue weighted by molar-refractivity contribution is -0.141. The molecule has 2 rings (SSSR count). The molecule has 18 heavy (non-hydrogen) atoms. The minimum atomic E-state index is -0.928. The van der Waals surface area contributed by atoms with Gasteiger partial charge in [0.25, 0.3) is 0 Å². The number of hydrogen-bond donors (Lipinski definition) is 2. The maximum atomic E-state index is 11.2. The summed E-state index contributed by atoms with van der Waals surface area (Å²) in [7, 11) is 0. The normalized spacial score (nSPS) is 12.3. The molecule has 2 aromatic rings. The summed E-state index contributed by atoms with van der Waals surface area (Å²) in [5, 5.41) is 19.9. The van der Waals surface area contributed by atoms with Gasteiger partial charge in [-0.2, -0.15) is 0 Å². The van der Waals surface area contributed by atoms with Crippen molar-refractivity contribution in [2.24, 2.45) is 5.92 Å². The van der Waals surface area contributed by atoms with Crippen LogP contribution >= 0.6 is 0 Å². The molecule has 0 aromatic carbocycles. The molecule has 0 bridgehead atoms. The molecule has 0 fully saturated rings. The lowest BCUT2D eigenvalue weighted by Gasteiger charge is -2.07. The van der Waals surface area contributed by atoms with Crippen LogP contribution < -0.4 is 5.56 Å². The zero-order chi connectivity index (χ0) is 13.1. The smallest absolute Gasteiger partial charge is 0.308 e. The average Bonchev–Trinajstić information content (AvgIpc) is 2.77. The molecule has 0 aliphatic rings. The van der Waals surface area contributed by atoms with E-state index >= 15 is 0 Å². The van der Waals surface area contributed by atoms with Gasteiger partial charge in [0.1, 0.15) is 0 Å². The van der Waals surface area contributed by atoms with Gasteiger partial charge in [-0.15, -0.1) is 5.10 Å². The van der Waals surface area contributed by atoms with Crippen LogP contribution in [0, 0.1) is 5.92 Å². The van der Waals surface area contributed by atoms with E-state index in [4.69, 9.17) is 5.11 Å². The van der Waals surface area contributed by atoms with E-state index in [0.29, 0.717) is 11.4 Å². The van der Waals surface area contributed by atoms with Crippen LogP contribution in [-0.2, 0) is 11.3 Å². The molecular formula is C10H11N5O3. The lowest BCUT2D eigenvalue weighted by Crippen LogP contribution is -2.18. The summed E-state index contributed by atoms with van der Waals surface area (Å²) < 4.78 is 1.37. The number of H-pyrrole nitrogens is 1. The van der Waals surface area contributed by atoms with Gasteiger partial charge in [-0.1, -0.05) is 6.92 Å². The number of aromatic amines is 1. The van der Waals surface area contributed by atoms with Crippen molar-refractivity contribution < 1.29 is 9.90 Å². The minimum Gasteiger partial charge on any atom is -0.481 e. The van der Waals surface area contributed by atoms with E-state index in [1.165, 1.54) is 16.9 Å². The first-order valence-electron chi connectivity index (χ1n) is 5.26. The highest BCUT2D eigenvalue weighted by Crippen LogP contribution is 2.13. The molecule has 0 aliphatic heterocycles. The van der Waals surface area contributed by atoms with Crippen molar-refractivity contribution in [3.63, 3.8) is 0 Å². The molecule has 1 unspecified atom stereocenters. The number of nitrogens with one attached hydrogen (secondary N) is 1. The third kappa shape index (κ3) is 2.42. The fourth-order valence-electron chi connectivity index (χ4n) is 1.46. The zero-order valence-electron chi connectivity index (χ0n) is 9.57. The fourth-order valence-corrected chi connectivity index (χ4v) is 1.46. The van der Waals surface area contributed by atoms with Crippen LogP contribution in [0.1, 0.15) is 6.92 Å². The maximum Gasteiger partial charge on any atom is 0.308 e. The van der Waals surface area contributed by atoms with E-state index in [9.17, 15) is 9.59 Å². The number of hydrogen-bond acceptors (Lipinski definition) is 5. The van der Waals surface area contributed by atoms with Crippen molar-refractivity contribution in [2.75, 3.05) is 0 Å². The van der Waals surface area contributed by atoms with Crippen molar-refractivity contribution in [1.29, 1.82) is 0 Å². The Morgan fingerprint density at radius 3 is 3.06 bits per heavy atom. The van der Waals surface area contributed by atoms with Crippen LogP contribution in [0.15, 0.2) is 23.1 Å². The number of carboxylic acids is 1. The molecule has 2 aromatic heterocycles. The van der Waals surface area contributed by atoms with Gasteiger partial charge in [0.15, 0.2) is 5.82 Å². The molecule has 8 heteroatoms. The molecule has 0 amide bonds. The summed E-state index contributed by atoms with van der Waals surface area (Å²) in [6, 6.07) is 3.00. The van der Waals surface area contributed by atoms with Crippen molar-refractivity contribution in [2.45, 2.75) is 13.5 Å². The summed E-state index contributed by atoms with van der Waals surface area (Å²) in [5.74, 6) is -1.18. The van der Waals surface area contributed by atoms with Gasteiger partial charge in [-0.3, -0.25) is 9.59 Å². The first kappa shape index (κ1) is 12.0. The number of carbonyl (C=O) groups is 1. The number of rotatable bonds is 4. The Balaban J connectivity index is 2.33. The molecule has 0 saturated carbocycles. The monoisotopic (exact) mass is 249 g/mol. The Bertz CT molecular complexity index is 618. The molecule has 1 atom stereocenters. The van der Waals surface area contributed by atoms with Crippen molar-refractivity contribution >= 4 is 5.97 Å². The number of tetrazole rings is 1. The number of carboxylic acid groups (broad SMARTS) is 1. The Morgan fingerprint density at radius 1 is 1.61 bits per heavy atom. The Morgan fingerprint density at radius 2 is 2.39 bits per heavy atom. The van der Waals surface area contributed by atoms with E-state index in [0.717, 1.165) is 0 Å². The van der Waals surface area contributed by atoms with Gasteiger partial charge in [-0.05, 0) is 16.5 Å². The predicted octanol–water partition coefficient (Wildman–Crippen LogP) is -0.251. The van der Waals surface area contributed by atoms with Crippen LogP contribution in [0.3, 0.4) is 0 Å². The van der Waals surface area contributed by atoms with E-state index in [1.807, 2.05) is 0 Å². The van der Waals surface area contributed by atoms with Gasteiger partial charge >= 0.3 is 5.97 Å². The Hall–Kier alpha value is -2.51. The Labute approximate surface area is 101 Å². The number of aliphatic carboxylic acids is 1. The summed E-state index contributed by atoms with van der Waals surface area (Å²) in [6.45, 7) is 1.70. The first-order chi connectivity index (χ1) is 8.58. The van der Waals surface area contributed by atoms with E-state index in [1.54, 1.807) is 13.0 Å². The molecule has 0 aliphatic carbocycles. The molecular weight excluding hydrogens is 238 g/mol. The molecule has 2 N–H and O–H groups in total. The van der Waals surface area contributed by atoms with Crippen LogP contribution in [0.4, 0.5) is 0 Å². The molecule has 0 spiro atoms. The molecule has 94 valence electrons. The molecule has 0 saturated heterocycles. The van der Waals surface area contributed by atoms with Gasteiger partial charge < -0.3 is 10.1 Å². The second-order valence-corrected chi connectivity index (χ2v) is 3.87. The second-order valence-electron chi connectivity index (χ2n) is 3.87. The predicted molar refractivity (Wildman–Crippen MR) is 60.7 cm³/mol. The van der Waals surface area contributed by atoms with Gasteiger partial charge in [0, 0.05) is 17.8 Å². The van der Waals surface area contributed by atoms with E-state index in [-0.39, 0.29) is 12.1 Å². The summed E-state index contributed by atoms with van der Waals surface area (Å²) in [4.78, 5) is 24.5. The first-order valence-corrected chi connectivity index (χ1v) is 5.26. The maximum absolute atomic E-state index is 11.2. The van der Waals surface area contributed by atoms with Crippen molar-refractivity contribution in [3.05, 3.63) is 28.7 Å². The fraction of sp³-hybridized carbons (Fsp3) is 0.300. The molecule has 0 radical (unpaired) electrons. The third-order valence-corrected chi connectivity index (χ3v) is 2.43. The highest BCUT2D eigenvalue weighted by molar-refractivity contribution is 5.69. The van der Waals surface area contributed by atoms with Crippen molar-refractivity contribution in [3.8, 4) is 11.4 Å². The number of pyridine rings is 1. The average molecular weight is 249 g/mol. The van der Waals surface area contributed by atoms with E-state index in [2.05, 4.69) is 20.5 Å². The highest BCUT2D eigenvalue weighted by atomic mass is 16.4. The minimum absolute atomic E-state index is 0.143. The molecule has 2 heterocycles. The van der Waals surface area contributed by atoms with Gasteiger partial charge in [-0.25, -0.2) is 4.68 Å². The lowest BCUT2D eigenvalue weighted by atomic mass is 10.2. The summed E-state index contributed by atoms with van der Waals surface area (Å²) in [5.41, 5.74) is 0.273. The second kappa shape index (κ2) is 4.78. The van der Waals surface area contributed by atoms with E-state index < -0.39 is 11.9 Å². The quantitative estimate of drug-likeness (QED) is 0.772.